The van der Waals surface area contributed by atoms with Crippen molar-refractivity contribution in [2.45, 2.75) is 24.0 Å². The third-order valence-electron chi connectivity index (χ3n) is 3.68. The quantitative estimate of drug-likeness (QED) is 0.823. The van der Waals surface area contributed by atoms with Crippen molar-refractivity contribution in [2.24, 2.45) is 5.92 Å². The van der Waals surface area contributed by atoms with Gasteiger partial charge in [-0.15, -0.1) is 11.3 Å². The molecule has 0 bridgehead atoms. The van der Waals surface area contributed by atoms with Gasteiger partial charge in [0.15, 0.2) is 0 Å². The van der Waals surface area contributed by atoms with Crippen molar-refractivity contribution in [3.8, 4) is 0 Å². The van der Waals surface area contributed by atoms with Gasteiger partial charge in [0.25, 0.3) is 0 Å². The molecule has 0 aliphatic carbocycles. The number of piperidine rings is 1. The molecule has 0 atom stereocenters. The van der Waals surface area contributed by atoms with E-state index in [9.17, 15) is 13.2 Å². The predicted octanol–water partition coefficient (Wildman–Crippen LogP) is 1.46. The second-order valence-electron chi connectivity index (χ2n) is 5.38. The molecule has 2 rings (SSSR count). The molecule has 1 aliphatic rings. The van der Waals surface area contributed by atoms with Gasteiger partial charge in [-0.05, 0) is 37.9 Å². The van der Waals surface area contributed by atoms with E-state index in [0.29, 0.717) is 13.1 Å². The highest BCUT2D eigenvalue weighted by Gasteiger charge is 2.20. The number of thiophene rings is 1. The zero-order valence-electron chi connectivity index (χ0n) is 11.9. The Hall–Kier alpha value is -0.960. The molecule has 0 spiro atoms. The molecule has 0 saturated carbocycles. The normalized spacial score (nSPS) is 18.0. The number of nitrogens with one attached hydrogen (secondary N) is 1. The fraction of sp³-hybridized carbons (Fsp3) is 0.615. The molecule has 1 saturated heterocycles. The van der Waals surface area contributed by atoms with Gasteiger partial charge in [0.05, 0.1) is 5.56 Å². The number of rotatable bonds is 6. The molecule has 0 unspecified atom stereocenters. The fourth-order valence-electron chi connectivity index (χ4n) is 2.26. The molecular weight excluding hydrogens is 312 g/mol. The van der Waals surface area contributed by atoms with E-state index in [4.69, 9.17) is 5.11 Å². The van der Waals surface area contributed by atoms with Crippen molar-refractivity contribution < 1.29 is 18.3 Å². The molecule has 1 aromatic rings. The van der Waals surface area contributed by atoms with Crippen LogP contribution in [0.25, 0.3) is 0 Å². The van der Waals surface area contributed by atoms with Crippen molar-refractivity contribution in [1.82, 2.24) is 9.62 Å². The van der Waals surface area contributed by atoms with Gasteiger partial charge >= 0.3 is 5.97 Å². The van der Waals surface area contributed by atoms with Crippen molar-refractivity contribution in [1.29, 1.82) is 0 Å². The highest BCUT2D eigenvalue weighted by molar-refractivity contribution is 7.91. The first-order valence-corrected chi connectivity index (χ1v) is 9.28. The van der Waals surface area contributed by atoms with Crippen LogP contribution in [0.15, 0.2) is 15.7 Å². The Labute approximate surface area is 128 Å². The standard InChI is InChI=1S/C13H20N2O4S2/c1-10-2-5-15(6-3-10)7-4-14-21(18,19)12-8-11(9-20-12)13(16)17/h8-10,14H,2-7H2,1H3,(H,16,17). The summed E-state index contributed by atoms with van der Waals surface area (Å²) in [5, 5.41) is 10.2. The van der Waals surface area contributed by atoms with E-state index in [1.807, 2.05) is 0 Å². The molecule has 0 amide bonds. The molecular formula is C13H20N2O4S2. The lowest BCUT2D eigenvalue weighted by molar-refractivity contribution is 0.0697. The molecule has 1 fully saturated rings. The molecule has 2 N–H and O–H groups in total. The second kappa shape index (κ2) is 6.87. The second-order valence-corrected chi connectivity index (χ2v) is 8.29. The minimum absolute atomic E-state index is 0.00499. The summed E-state index contributed by atoms with van der Waals surface area (Å²) in [6.07, 6.45) is 2.30. The minimum Gasteiger partial charge on any atom is -0.478 e. The molecule has 1 aliphatic heterocycles. The van der Waals surface area contributed by atoms with Crippen LogP contribution in [-0.4, -0.2) is 50.6 Å². The zero-order chi connectivity index (χ0) is 15.5. The summed E-state index contributed by atoms with van der Waals surface area (Å²) in [6.45, 7) is 5.27. The Morgan fingerprint density at radius 1 is 1.48 bits per heavy atom. The number of hydrogen-bond donors (Lipinski definition) is 2. The lowest BCUT2D eigenvalue weighted by Gasteiger charge is -2.30. The lowest BCUT2D eigenvalue weighted by atomic mass is 9.99. The van der Waals surface area contributed by atoms with Crippen LogP contribution in [-0.2, 0) is 10.0 Å². The number of sulfonamides is 1. The molecule has 1 aromatic heterocycles. The van der Waals surface area contributed by atoms with Crippen molar-refractivity contribution in [3.05, 3.63) is 17.0 Å². The third-order valence-corrected chi connectivity index (χ3v) is 6.58. The van der Waals surface area contributed by atoms with Gasteiger partial charge < -0.3 is 10.0 Å². The zero-order valence-corrected chi connectivity index (χ0v) is 13.5. The summed E-state index contributed by atoms with van der Waals surface area (Å²) in [7, 11) is -3.61. The van der Waals surface area contributed by atoms with Gasteiger partial charge in [-0.2, -0.15) is 0 Å². The largest absolute Gasteiger partial charge is 0.478 e. The number of carboxylic acid groups (broad SMARTS) is 1. The Morgan fingerprint density at radius 2 is 2.14 bits per heavy atom. The summed E-state index contributed by atoms with van der Waals surface area (Å²) in [4.78, 5) is 13.0. The maximum Gasteiger partial charge on any atom is 0.336 e. The minimum atomic E-state index is -3.61. The van der Waals surface area contributed by atoms with E-state index in [1.54, 1.807) is 0 Å². The summed E-state index contributed by atoms with van der Waals surface area (Å²) in [5.74, 6) is -0.367. The van der Waals surface area contributed by atoms with Gasteiger partial charge in [-0.3, -0.25) is 0 Å². The first kappa shape index (κ1) is 16.4. The molecule has 118 valence electrons. The molecule has 0 aromatic carbocycles. The number of carbonyl (C=O) groups is 1. The van der Waals surface area contributed by atoms with Crippen molar-refractivity contribution >= 4 is 27.3 Å². The Balaban J connectivity index is 1.85. The van der Waals surface area contributed by atoms with Gasteiger partial charge in [-0.1, -0.05) is 6.92 Å². The first-order valence-electron chi connectivity index (χ1n) is 6.92. The summed E-state index contributed by atoms with van der Waals surface area (Å²) in [6, 6.07) is 1.19. The van der Waals surface area contributed by atoms with Crippen LogP contribution >= 0.6 is 11.3 Å². The lowest BCUT2D eigenvalue weighted by Crippen LogP contribution is -2.39. The average Bonchev–Trinajstić information content (AvgIpc) is 2.91. The number of likely N-dealkylation sites (tertiary alicyclic amines) is 1. The van der Waals surface area contributed by atoms with E-state index in [-0.39, 0.29) is 9.77 Å². The van der Waals surface area contributed by atoms with Gasteiger partial charge in [0.1, 0.15) is 4.21 Å². The number of hydrogen-bond acceptors (Lipinski definition) is 5. The van der Waals surface area contributed by atoms with Crippen LogP contribution in [0.2, 0.25) is 0 Å². The topological polar surface area (TPSA) is 86.7 Å². The van der Waals surface area contributed by atoms with Crippen molar-refractivity contribution in [2.75, 3.05) is 26.2 Å². The SMILES string of the molecule is CC1CCN(CCNS(=O)(=O)c2cc(C(=O)O)cs2)CC1. The third kappa shape index (κ3) is 4.50. The summed E-state index contributed by atoms with van der Waals surface area (Å²) in [5.41, 5.74) is 0.00499. The maximum atomic E-state index is 12.0. The highest BCUT2D eigenvalue weighted by Crippen LogP contribution is 2.20. The van der Waals surface area contributed by atoms with Crippen LogP contribution in [0.3, 0.4) is 0 Å². The Bertz CT molecular complexity index is 589. The maximum absolute atomic E-state index is 12.0. The predicted molar refractivity (Wildman–Crippen MR) is 81.3 cm³/mol. The molecule has 8 heteroatoms. The molecule has 0 radical (unpaired) electrons. The van der Waals surface area contributed by atoms with Crippen LogP contribution < -0.4 is 4.72 Å². The summed E-state index contributed by atoms with van der Waals surface area (Å²) < 4.78 is 26.7. The fourth-order valence-corrected chi connectivity index (χ4v) is 4.48. The summed E-state index contributed by atoms with van der Waals surface area (Å²) >= 11 is 0.926. The number of carboxylic acids is 1. The molecule has 6 nitrogen and oxygen atoms in total. The van der Waals surface area contributed by atoms with E-state index in [0.717, 1.165) is 43.2 Å². The van der Waals surface area contributed by atoms with E-state index in [1.165, 1.54) is 11.4 Å². The monoisotopic (exact) mass is 332 g/mol. The highest BCUT2D eigenvalue weighted by atomic mass is 32.2. The van der Waals surface area contributed by atoms with Crippen LogP contribution in [0.4, 0.5) is 0 Å². The van der Waals surface area contributed by atoms with E-state index in [2.05, 4.69) is 16.5 Å². The number of aromatic carboxylic acids is 1. The Morgan fingerprint density at radius 3 is 2.71 bits per heavy atom. The Kier molecular flexibility index (Phi) is 5.37. The smallest absolute Gasteiger partial charge is 0.336 e. The van der Waals surface area contributed by atoms with Gasteiger partial charge in [0.2, 0.25) is 10.0 Å². The van der Waals surface area contributed by atoms with E-state index < -0.39 is 16.0 Å². The van der Waals surface area contributed by atoms with Gasteiger partial charge in [-0.25, -0.2) is 17.9 Å². The van der Waals surface area contributed by atoms with Crippen molar-refractivity contribution in [3.63, 3.8) is 0 Å². The molecule has 2 heterocycles. The number of nitrogens with zero attached hydrogens (tertiary/aromatic N) is 1. The van der Waals surface area contributed by atoms with Crippen LogP contribution in [0.1, 0.15) is 30.1 Å². The van der Waals surface area contributed by atoms with Crippen LogP contribution in [0, 0.1) is 5.92 Å². The van der Waals surface area contributed by atoms with E-state index >= 15 is 0 Å². The molecule has 21 heavy (non-hydrogen) atoms. The average molecular weight is 332 g/mol. The first-order chi connectivity index (χ1) is 9.88. The van der Waals surface area contributed by atoms with Gasteiger partial charge in [0, 0.05) is 18.5 Å². The van der Waals surface area contributed by atoms with Crippen LogP contribution in [0.5, 0.6) is 0 Å².